The van der Waals surface area contributed by atoms with E-state index in [1.807, 2.05) is 0 Å². The van der Waals surface area contributed by atoms with E-state index in [1.54, 1.807) is 4.90 Å². The number of halogens is 3. The average molecular weight is 374 g/mol. The standard InChI is InChI=1S/C12H14Cl2N2O3S.ClH/c1-20(18,19)11-6-8(9(13)7-10(11)14)12(17)16-4-2-15-3-5-16;/h6-7,15H,2-5H2,1H3;1H. The van der Waals surface area contributed by atoms with E-state index in [1.165, 1.54) is 12.1 Å². The van der Waals surface area contributed by atoms with Gasteiger partial charge in [0.25, 0.3) is 5.91 Å². The maximum absolute atomic E-state index is 12.4. The lowest BCUT2D eigenvalue weighted by Gasteiger charge is -2.28. The summed E-state index contributed by atoms with van der Waals surface area (Å²) in [5.41, 5.74) is 0.165. The molecule has 9 heteroatoms. The molecule has 1 N–H and O–H groups in total. The summed E-state index contributed by atoms with van der Waals surface area (Å²) in [5.74, 6) is -0.280. The highest BCUT2D eigenvalue weighted by Gasteiger charge is 2.23. The topological polar surface area (TPSA) is 66.5 Å². The first-order chi connectivity index (χ1) is 9.30. The average Bonchev–Trinajstić information content (AvgIpc) is 2.37. The van der Waals surface area contributed by atoms with Crippen LogP contribution in [0.2, 0.25) is 10.0 Å². The van der Waals surface area contributed by atoms with Crippen LogP contribution in [0.5, 0.6) is 0 Å². The van der Waals surface area contributed by atoms with E-state index < -0.39 is 9.84 Å². The number of carbonyl (C=O) groups excluding carboxylic acids is 1. The third kappa shape index (κ3) is 4.23. The van der Waals surface area contributed by atoms with Crippen molar-refractivity contribution in [3.8, 4) is 0 Å². The van der Waals surface area contributed by atoms with Gasteiger partial charge in [-0.2, -0.15) is 0 Å². The highest BCUT2D eigenvalue weighted by Crippen LogP contribution is 2.29. The molecule has 0 atom stereocenters. The van der Waals surface area contributed by atoms with Crippen molar-refractivity contribution in [3.05, 3.63) is 27.7 Å². The maximum Gasteiger partial charge on any atom is 0.255 e. The first kappa shape index (κ1) is 18.5. The molecule has 1 fully saturated rings. The van der Waals surface area contributed by atoms with Crippen molar-refractivity contribution in [1.82, 2.24) is 10.2 Å². The van der Waals surface area contributed by atoms with Gasteiger partial charge in [-0.15, -0.1) is 12.4 Å². The Hall–Kier alpha value is -0.530. The van der Waals surface area contributed by atoms with Gasteiger partial charge < -0.3 is 10.2 Å². The number of carbonyl (C=O) groups is 1. The Morgan fingerprint density at radius 2 is 1.76 bits per heavy atom. The van der Waals surface area contributed by atoms with Crippen LogP contribution in [0.4, 0.5) is 0 Å². The van der Waals surface area contributed by atoms with Gasteiger partial charge in [0.2, 0.25) is 0 Å². The Labute approximate surface area is 139 Å². The minimum Gasteiger partial charge on any atom is -0.336 e. The van der Waals surface area contributed by atoms with Crippen LogP contribution in [0.25, 0.3) is 0 Å². The minimum absolute atomic E-state index is 0. The van der Waals surface area contributed by atoms with Gasteiger partial charge in [0, 0.05) is 32.4 Å². The van der Waals surface area contributed by atoms with Gasteiger partial charge in [0.1, 0.15) is 0 Å². The summed E-state index contributed by atoms with van der Waals surface area (Å²) in [6, 6.07) is 2.55. The second kappa shape index (κ2) is 7.15. The van der Waals surface area contributed by atoms with E-state index in [0.29, 0.717) is 26.2 Å². The van der Waals surface area contributed by atoms with E-state index >= 15 is 0 Å². The molecule has 5 nitrogen and oxygen atoms in total. The van der Waals surface area contributed by atoms with Crippen molar-refractivity contribution in [1.29, 1.82) is 0 Å². The van der Waals surface area contributed by atoms with Crippen LogP contribution >= 0.6 is 35.6 Å². The second-order valence-electron chi connectivity index (χ2n) is 4.58. The summed E-state index contributed by atoms with van der Waals surface area (Å²) in [6.45, 7) is 2.53. The van der Waals surface area contributed by atoms with Gasteiger partial charge in [0.05, 0.1) is 20.5 Å². The summed E-state index contributed by atoms with van der Waals surface area (Å²) in [7, 11) is -3.51. The maximum atomic E-state index is 12.4. The number of nitrogens with zero attached hydrogens (tertiary/aromatic N) is 1. The third-order valence-electron chi connectivity index (χ3n) is 3.06. The van der Waals surface area contributed by atoms with Crippen LogP contribution in [-0.2, 0) is 9.84 Å². The van der Waals surface area contributed by atoms with Gasteiger partial charge >= 0.3 is 0 Å². The van der Waals surface area contributed by atoms with Crippen LogP contribution in [0.3, 0.4) is 0 Å². The van der Waals surface area contributed by atoms with E-state index in [2.05, 4.69) is 5.32 Å². The van der Waals surface area contributed by atoms with Crippen molar-refractivity contribution in [3.63, 3.8) is 0 Å². The van der Waals surface area contributed by atoms with Crippen molar-refractivity contribution in [2.24, 2.45) is 0 Å². The first-order valence-electron chi connectivity index (χ1n) is 6.00. The molecule has 1 heterocycles. The molecule has 1 aromatic carbocycles. The normalized spacial score (nSPS) is 15.5. The molecule has 0 aliphatic carbocycles. The van der Waals surface area contributed by atoms with Crippen LogP contribution in [0.15, 0.2) is 17.0 Å². The zero-order chi connectivity index (χ0) is 14.9. The lowest BCUT2D eigenvalue weighted by molar-refractivity contribution is 0.0736. The number of piperazine rings is 1. The van der Waals surface area contributed by atoms with Crippen molar-refractivity contribution >= 4 is 51.4 Å². The fraction of sp³-hybridized carbons (Fsp3) is 0.417. The van der Waals surface area contributed by atoms with Crippen LogP contribution < -0.4 is 5.32 Å². The fourth-order valence-electron chi connectivity index (χ4n) is 2.02. The Bertz CT molecular complexity index is 643. The summed E-state index contributed by atoms with van der Waals surface area (Å²) in [5, 5.41) is 3.32. The van der Waals surface area contributed by atoms with Gasteiger partial charge in [0.15, 0.2) is 9.84 Å². The van der Waals surface area contributed by atoms with E-state index in [9.17, 15) is 13.2 Å². The van der Waals surface area contributed by atoms with Gasteiger partial charge in [-0.05, 0) is 12.1 Å². The Kier molecular flexibility index (Phi) is 6.31. The zero-order valence-electron chi connectivity index (χ0n) is 11.2. The lowest BCUT2D eigenvalue weighted by atomic mass is 10.2. The summed E-state index contributed by atoms with van der Waals surface area (Å²) < 4.78 is 23.3. The monoisotopic (exact) mass is 372 g/mol. The molecule has 0 spiro atoms. The first-order valence-corrected chi connectivity index (χ1v) is 8.64. The van der Waals surface area contributed by atoms with E-state index in [-0.39, 0.29) is 38.8 Å². The largest absolute Gasteiger partial charge is 0.336 e. The van der Waals surface area contributed by atoms with Gasteiger partial charge in [-0.1, -0.05) is 23.2 Å². The summed E-state index contributed by atoms with van der Waals surface area (Å²) in [4.78, 5) is 13.9. The minimum atomic E-state index is -3.51. The fourth-order valence-corrected chi connectivity index (χ4v) is 3.64. The van der Waals surface area contributed by atoms with Crippen molar-refractivity contribution in [2.75, 3.05) is 32.4 Å². The van der Waals surface area contributed by atoms with Crippen LogP contribution in [-0.4, -0.2) is 51.7 Å². The number of hydrogen-bond acceptors (Lipinski definition) is 4. The molecule has 1 saturated heterocycles. The molecule has 1 aliphatic rings. The lowest BCUT2D eigenvalue weighted by Crippen LogP contribution is -2.46. The summed E-state index contributed by atoms with van der Waals surface area (Å²) >= 11 is 11.9. The second-order valence-corrected chi connectivity index (χ2v) is 7.38. The molecule has 118 valence electrons. The highest BCUT2D eigenvalue weighted by molar-refractivity contribution is 7.90. The molecule has 1 aromatic rings. The molecular weight excluding hydrogens is 359 g/mol. The number of rotatable bonds is 2. The Balaban J connectivity index is 0.00000220. The quantitative estimate of drug-likeness (QED) is 0.859. The van der Waals surface area contributed by atoms with E-state index in [4.69, 9.17) is 23.2 Å². The SMILES string of the molecule is CS(=O)(=O)c1cc(C(=O)N2CCNCC2)c(Cl)cc1Cl.Cl. The summed E-state index contributed by atoms with van der Waals surface area (Å²) in [6.07, 6.45) is 1.04. The smallest absolute Gasteiger partial charge is 0.255 e. The van der Waals surface area contributed by atoms with Crippen molar-refractivity contribution in [2.45, 2.75) is 4.90 Å². The number of nitrogens with one attached hydrogen (secondary N) is 1. The number of sulfone groups is 1. The number of amides is 1. The third-order valence-corrected chi connectivity index (χ3v) is 4.93. The molecule has 21 heavy (non-hydrogen) atoms. The molecule has 0 bridgehead atoms. The molecule has 1 amide bonds. The highest BCUT2D eigenvalue weighted by atomic mass is 35.5. The predicted octanol–water partition coefficient (Wildman–Crippen LogP) is 1.86. The van der Waals surface area contributed by atoms with Crippen LogP contribution in [0.1, 0.15) is 10.4 Å². The van der Waals surface area contributed by atoms with Gasteiger partial charge in [-0.25, -0.2) is 8.42 Å². The number of benzene rings is 1. The Morgan fingerprint density at radius 3 is 2.29 bits per heavy atom. The zero-order valence-corrected chi connectivity index (χ0v) is 14.4. The number of hydrogen-bond donors (Lipinski definition) is 1. The molecule has 0 unspecified atom stereocenters. The molecule has 2 rings (SSSR count). The molecular formula is C12H15Cl3N2O3S. The van der Waals surface area contributed by atoms with Crippen molar-refractivity contribution < 1.29 is 13.2 Å². The Morgan fingerprint density at radius 1 is 1.19 bits per heavy atom. The predicted molar refractivity (Wildman–Crippen MR) is 85.6 cm³/mol. The van der Waals surface area contributed by atoms with E-state index in [0.717, 1.165) is 6.26 Å². The molecule has 1 aliphatic heterocycles. The molecule has 0 aromatic heterocycles. The van der Waals surface area contributed by atoms with Gasteiger partial charge in [-0.3, -0.25) is 4.79 Å². The molecule has 0 saturated carbocycles. The molecule has 0 radical (unpaired) electrons. The van der Waals surface area contributed by atoms with Crippen LogP contribution in [0, 0.1) is 0 Å².